The Morgan fingerprint density at radius 3 is 2.38 bits per heavy atom. The molecular formula is C17H14O4. The third-order valence-corrected chi connectivity index (χ3v) is 3.16. The minimum Gasteiger partial charge on any atom is -0.507 e. The van der Waals surface area contributed by atoms with Crippen LogP contribution in [0, 0.1) is 6.92 Å². The molecule has 0 unspecified atom stereocenters. The van der Waals surface area contributed by atoms with Gasteiger partial charge in [-0.1, -0.05) is 36.4 Å². The molecule has 4 nitrogen and oxygen atoms in total. The zero-order valence-electron chi connectivity index (χ0n) is 11.4. The van der Waals surface area contributed by atoms with Crippen molar-refractivity contribution < 1.29 is 19.8 Å². The van der Waals surface area contributed by atoms with Gasteiger partial charge in [-0.05, 0) is 24.6 Å². The van der Waals surface area contributed by atoms with Crippen LogP contribution in [0.1, 0.15) is 31.8 Å². The Kier molecular flexibility index (Phi) is 4.18. The van der Waals surface area contributed by atoms with Gasteiger partial charge in [-0.15, -0.1) is 0 Å². The molecule has 2 aromatic carbocycles. The molecule has 0 atom stereocenters. The summed E-state index contributed by atoms with van der Waals surface area (Å²) in [5.74, 6) is -1.07. The van der Waals surface area contributed by atoms with Crippen LogP contribution in [0.2, 0.25) is 0 Å². The van der Waals surface area contributed by atoms with E-state index in [1.165, 1.54) is 19.1 Å². The van der Waals surface area contributed by atoms with Crippen molar-refractivity contribution in [1.82, 2.24) is 0 Å². The van der Waals surface area contributed by atoms with Gasteiger partial charge in [0.15, 0.2) is 12.1 Å². The molecule has 0 aliphatic heterocycles. The van der Waals surface area contributed by atoms with Crippen molar-refractivity contribution in [2.24, 2.45) is 0 Å². The van der Waals surface area contributed by atoms with Gasteiger partial charge in [-0.25, -0.2) is 0 Å². The number of phenolic OH excluding ortho intramolecular Hbond substituents is 2. The second kappa shape index (κ2) is 6.05. The van der Waals surface area contributed by atoms with Crippen LogP contribution in [0.15, 0.2) is 42.5 Å². The van der Waals surface area contributed by atoms with Crippen molar-refractivity contribution in [1.29, 1.82) is 0 Å². The molecule has 2 rings (SSSR count). The summed E-state index contributed by atoms with van der Waals surface area (Å²) in [6.45, 7) is 1.44. The molecule has 2 N–H and O–H groups in total. The van der Waals surface area contributed by atoms with E-state index in [0.29, 0.717) is 6.29 Å². The molecule has 0 spiro atoms. The summed E-state index contributed by atoms with van der Waals surface area (Å²) in [6, 6.07) is 10.4. The molecule has 106 valence electrons. The Bertz CT molecular complexity index is 715. The molecule has 0 aliphatic rings. The number of hydrogen-bond acceptors (Lipinski definition) is 4. The Morgan fingerprint density at radius 1 is 1.10 bits per heavy atom. The van der Waals surface area contributed by atoms with Crippen molar-refractivity contribution >= 4 is 18.1 Å². The van der Waals surface area contributed by atoms with Crippen molar-refractivity contribution in [3.05, 3.63) is 64.7 Å². The third-order valence-electron chi connectivity index (χ3n) is 3.16. The number of rotatable bonds is 4. The average Bonchev–Trinajstić information content (AvgIpc) is 2.52. The number of benzene rings is 2. The Morgan fingerprint density at radius 2 is 1.76 bits per heavy atom. The molecule has 0 aromatic heterocycles. The number of allylic oxidation sites excluding steroid dienone is 1. The third kappa shape index (κ3) is 3.00. The number of hydrogen-bond donors (Lipinski definition) is 2. The SMILES string of the molecule is Cc1c(O)c(C=O)cc(C(=O)/C=C/c2ccccc2)c1O. The molecule has 0 heterocycles. The predicted molar refractivity (Wildman–Crippen MR) is 79.7 cm³/mol. The number of aromatic hydroxyl groups is 2. The standard InChI is InChI=1S/C17H14O4/c1-11-16(20)13(10-18)9-14(17(11)21)15(19)8-7-12-5-3-2-4-6-12/h2-10,20-21H,1H3/b8-7+. The van der Waals surface area contributed by atoms with E-state index >= 15 is 0 Å². The Labute approximate surface area is 122 Å². The minimum absolute atomic E-state index is 0.0143. The van der Waals surface area contributed by atoms with E-state index in [9.17, 15) is 19.8 Å². The van der Waals surface area contributed by atoms with Crippen molar-refractivity contribution in [2.45, 2.75) is 6.92 Å². The highest BCUT2D eigenvalue weighted by Gasteiger charge is 2.17. The number of carbonyl (C=O) groups is 2. The van der Waals surface area contributed by atoms with Crippen molar-refractivity contribution in [3.63, 3.8) is 0 Å². The van der Waals surface area contributed by atoms with Gasteiger partial charge in [0, 0.05) is 5.56 Å². The van der Waals surface area contributed by atoms with Crippen LogP contribution in [0.3, 0.4) is 0 Å². The van der Waals surface area contributed by atoms with Crippen LogP contribution < -0.4 is 0 Å². The number of aldehydes is 1. The fraction of sp³-hybridized carbons (Fsp3) is 0.0588. The smallest absolute Gasteiger partial charge is 0.189 e. The molecule has 0 aliphatic carbocycles. The quantitative estimate of drug-likeness (QED) is 0.513. The first-order valence-corrected chi connectivity index (χ1v) is 6.32. The molecule has 0 saturated carbocycles. The van der Waals surface area contributed by atoms with Crippen LogP contribution in [0.5, 0.6) is 11.5 Å². The molecular weight excluding hydrogens is 268 g/mol. The summed E-state index contributed by atoms with van der Waals surface area (Å²) >= 11 is 0. The summed E-state index contributed by atoms with van der Waals surface area (Å²) in [4.78, 5) is 23.0. The molecule has 0 bridgehead atoms. The normalized spacial score (nSPS) is 10.7. The van der Waals surface area contributed by atoms with Gasteiger partial charge in [-0.3, -0.25) is 9.59 Å². The number of phenols is 2. The summed E-state index contributed by atoms with van der Waals surface area (Å²) in [5.41, 5.74) is 0.911. The second-order valence-corrected chi connectivity index (χ2v) is 4.56. The number of carbonyl (C=O) groups excluding carboxylic acids is 2. The fourth-order valence-electron chi connectivity index (χ4n) is 1.93. The second-order valence-electron chi connectivity index (χ2n) is 4.56. The summed E-state index contributed by atoms with van der Waals surface area (Å²) < 4.78 is 0. The monoisotopic (exact) mass is 282 g/mol. The first kappa shape index (κ1) is 14.5. The minimum atomic E-state index is -0.442. The van der Waals surface area contributed by atoms with E-state index in [4.69, 9.17) is 0 Å². The predicted octanol–water partition coefficient (Wildman–Crippen LogP) is 3.11. The van der Waals surface area contributed by atoms with Gasteiger partial charge in [-0.2, -0.15) is 0 Å². The van der Waals surface area contributed by atoms with Gasteiger partial charge < -0.3 is 10.2 Å². The van der Waals surface area contributed by atoms with E-state index < -0.39 is 5.78 Å². The van der Waals surface area contributed by atoms with E-state index in [2.05, 4.69) is 0 Å². The summed E-state index contributed by atoms with van der Waals surface area (Å²) in [6.07, 6.45) is 3.37. The maximum Gasteiger partial charge on any atom is 0.189 e. The highest BCUT2D eigenvalue weighted by Crippen LogP contribution is 2.33. The molecule has 0 fully saturated rings. The lowest BCUT2D eigenvalue weighted by atomic mass is 10.00. The van der Waals surface area contributed by atoms with Crippen LogP contribution in [-0.4, -0.2) is 22.3 Å². The molecule has 0 amide bonds. The average molecular weight is 282 g/mol. The Balaban J connectivity index is 2.38. The van der Waals surface area contributed by atoms with Crippen LogP contribution in [-0.2, 0) is 0 Å². The van der Waals surface area contributed by atoms with E-state index in [-0.39, 0.29) is 28.2 Å². The van der Waals surface area contributed by atoms with Crippen LogP contribution in [0.25, 0.3) is 6.08 Å². The molecule has 4 heteroatoms. The maximum absolute atomic E-state index is 12.1. The molecule has 0 radical (unpaired) electrons. The van der Waals surface area contributed by atoms with Gasteiger partial charge in [0.1, 0.15) is 11.5 Å². The fourth-order valence-corrected chi connectivity index (χ4v) is 1.93. The topological polar surface area (TPSA) is 74.6 Å². The zero-order chi connectivity index (χ0) is 15.4. The zero-order valence-corrected chi connectivity index (χ0v) is 11.4. The lowest BCUT2D eigenvalue weighted by molar-refractivity contribution is 0.104. The number of ketones is 1. The van der Waals surface area contributed by atoms with Gasteiger partial charge in [0.05, 0.1) is 11.1 Å². The highest BCUT2D eigenvalue weighted by atomic mass is 16.3. The van der Waals surface area contributed by atoms with Crippen LogP contribution >= 0.6 is 0 Å². The van der Waals surface area contributed by atoms with Gasteiger partial charge >= 0.3 is 0 Å². The molecule has 2 aromatic rings. The summed E-state index contributed by atoms with van der Waals surface area (Å²) in [7, 11) is 0. The maximum atomic E-state index is 12.1. The first-order valence-electron chi connectivity index (χ1n) is 6.32. The van der Waals surface area contributed by atoms with Gasteiger partial charge in [0.25, 0.3) is 0 Å². The van der Waals surface area contributed by atoms with E-state index in [1.54, 1.807) is 6.08 Å². The molecule has 21 heavy (non-hydrogen) atoms. The van der Waals surface area contributed by atoms with Crippen molar-refractivity contribution in [2.75, 3.05) is 0 Å². The lowest BCUT2D eigenvalue weighted by Gasteiger charge is -2.08. The van der Waals surface area contributed by atoms with E-state index in [0.717, 1.165) is 5.56 Å². The first-order chi connectivity index (χ1) is 10.0. The largest absolute Gasteiger partial charge is 0.507 e. The van der Waals surface area contributed by atoms with Crippen LogP contribution in [0.4, 0.5) is 0 Å². The highest BCUT2D eigenvalue weighted by molar-refractivity contribution is 6.10. The van der Waals surface area contributed by atoms with Gasteiger partial charge in [0.2, 0.25) is 0 Å². The lowest BCUT2D eigenvalue weighted by Crippen LogP contribution is -1.99. The van der Waals surface area contributed by atoms with E-state index in [1.807, 2.05) is 30.3 Å². The summed E-state index contributed by atoms with van der Waals surface area (Å²) in [5, 5.41) is 19.6. The molecule has 0 saturated heterocycles. The van der Waals surface area contributed by atoms with Crippen molar-refractivity contribution in [3.8, 4) is 11.5 Å². The Hall–Kier alpha value is -2.88.